The normalized spacial score (nSPS) is 25.9. The topological polar surface area (TPSA) is 180 Å². The number of likely N-dealkylation sites (tertiary alicyclic amines) is 1. The number of non-ortho nitro benzene ring substituents is 1. The van der Waals surface area contributed by atoms with Crippen LogP contribution in [0, 0.1) is 22.0 Å². The summed E-state index contributed by atoms with van der Waals surface area (Å²) in [5, 5.41) is 33.1. The van der Waals surface area contributed by atoms with Crippen molar-refractivity contribution in [3.63, 3.8) is 0 Å². The highest BCUT2D eigenvalue weighted by Crippen LogP contribution is 2.50. The van der Waals surface area contributed by atoms with E-state index in [9.17, 15) is 39.5 Å². The molecule has 3 N–H and O–H groups in total. The van der Waals surface area contributed by atoms with Gasteiger partial charge in [0.2, 0.25) is 11.8 Å². The number of amides is 2. The van der Waals surface area contributed by atoms with Gasteiger partial charge in [-0.1, -0.05) is 12.2 Å². The second-order valence-corrected chi connectivity index (χ2v) is 8.33. The molecule has 2 saturated heterocycles. The van der Waals surface area contributed by atoms with Crippen molar-refractivity contribution in [1.82, 2.24) is 10.2 Å². The monoisotopic (exact) mass is 483 g/mol. The van der Waals surface area contributed by atoms with E-state index in [0.29, 0.717) is 11.3 Å². The van der Waals surface area contributed by atoms with Crippen molar-refractivity contribution in [3.8, 4) is 11.3 Å². The molecule has 2 aliphatic rings. The molecule has 3 heterocycles. The molecule has 2 aliphatic heterocycles. The molecule has 0 spiro atoms. The van der Waals surface area contributed by atoms with Crippen molar-refractivity contribution in [2.45, 2.75) is 24.9 Å². The van der Waals surface area contributed by atoms with Crippen molar-refractivity contribution in [2.24, 2.45) is 11.8 Å². The van der Waals surface area contributed by atoms with Crippen molar-refractivity contribution < 1.29 is 38.7 Å². The Morgan fingerprint density at radius 1 is 1.17 bits per heavy atom. The van der Waals surface area contributed by atoms with Gasteiger partial charge in [-0.2, -0.15) is 0 Å². The Hall–Kier alpha value is -4.32. The summed E-state index contributed by atoms with van der Waals surface area (Å²) in [6, 6.07) is 7.49. The van der Waals surface area contributed by atoms with Crippen molar-refractivity contribution in [2.75, 3.05) is 6.54 Å². The average Bonchev–Trinajstić information content (AvgIpc) is 3.48. The number of hydrogen-bond acceptors (Lipinski definition) is 8. The molecule has 1 aromatic carbocycles. The highest BCUT2D eigenvalue weighted by Gasteiger charge is 2.69. The second kappa shape index (κ2) is 8.80. The van der Waals surface area contributed by atoms with Gasteiger partial charge in [0.15, 0.2) is 0 Å². The van der Waals surface area contributed by atoms with E-state index < -0.39 is 58.5 Å². The first kappa shape index (κ1) is 23.8. The van der Waals surface area contributed by atoms with Gasteiger partial charge in [-0.05, 0) is 31.2 Å². The van der Waals surface area contributed by atoms with Gasteiger partial charge in [0.25, 0.3) is 5.69 Å². The highest BCUT2D eigenvalue weighted by atomic mass is 16.6. The maximum absolute atomic E-state index is 13.2. The lowest BCUT2D eigenvalue weighted by Crippen LogP contribution is -2.56. The predicted octanol–water partition coefficient (Wildman–Crippen LogP) is 1.97. The van der Waals surface area contributed by atoms with Gasteiger partial charge < -0.3 is 14.6 Å². The van der Waals surface area contributed by atoms with Crippen molar-refractivity contribution >= 4 is 29.4 Å². The molecule has 1 aromatic heterocycles. The number of allylic oxidation sites excluding steroid dienone is 1. The Kier molecular flexibility index (Phi) is 5.99. The van der Waals surface area contributed by atoms with Gasteiger partial charge in [-0.3, -0.25) is 39.5 Å². The Morgan fingerprint density at radius 3 is 2.43 bits per heavy atom. The standard InChI is InChI=1S/C23H21N3O9/c1-2-3-10-25-20(29)17-18(21(25)30)23(22(31)32,11-16(27)28)24-19(17)15-9-8-14(35-15)12-4-6-13(7-5-12)26(33)34/h2-9,17-19,24H,10-11H2,1H3,(H,27,28)(H,31,32). The Bertz CT molecular complexity index is 1250. The number of nitrogens with zero attached hydrogens (tertiary/aromatic N) is 2. The second-order valence-electron chi connectivity index (χ2n) is 8.33. The number of furan rings is 1. The summed E-state index contributed by atoms with van der Waals surface area (Å²) >= 11 is 0. The zero-order valence-electron chi connectivity index (χ0n) is 18.4. The van der Waals surface area contributed by atoms with E-state index in [0.717, 1.165) is 4.90 Å². The van der Waals surface area contributed by atoms with Crippen LogP contribution in [-0.2, 0) is 19.2 Å². The van der Waals surface area contributed by atoms with Crippen molar-refractivity contribution in [1.29, 1.82) is 0 Å². The van der Waals surface area contributed by atoms with E-state index in [2.05, 4.69) is 5.32 Å². The number of benzene rings is 1. The molecule has 12 nitrogen and oxygen atoms in total. The van der Waals surface area contributed by atoms with E-state index in [1.165, 1.54) is 30.3 Å². The summed E-state index contributed by atoms with van der Waals surface area (Å²) in [7, 11) is 0. The zero-order valence-corrected chi connectivity index (χ0v) is 18.4. The highest BCUT2D eigenvalue weighted by molar-refractivity contribution is 6.10. The number of carbonyl (C=O) groups is 4. The maximum atomic E-state index is 13.2. The minimum atomic E-state index is -2.22. The molecule has 182 valence electrons. The van der Waals surface area contributed by atoms with Crippen LogP contribution in [0.1, 0.15) is 25.1 Å². The first-order valence-corrected chi connectivity index (χ1v) is 10.6. The molecular formula is C23H21N3O9. The average molecular weight is 483 g/mol. The molecular weight excluding hydrogens is 462 g/mol. The molecule has 35 heavy (non-hydrogen) atoms. The van der Waals surface area contributed by atoms with Crippen LogP contribution in [-0.4, -0.2) is 55.9 Å². The first-order valence-electron chi connectivity index (χ1n) is 10.6. The van der Waals surface area contributed by atoms with Crippen molar-refractivity contribution in [3.05, 3.63) is 64.4 Å². The molecule has 12 heteroatoms. The number of nitro groups is 1. The summed E-state index contributed by atoms with van der Waals surface area (Å²) in [5.74, 6) is -6.62. The number of nitro benzene ring substituents is 1. The lowest BCUT2D eigenvalue weighted by Gasteiger charge is -2.29. The third-order valence-electron chi connectivity index (χ3n) is 6.38. The van der Waals surface area contributed by atoms with E-state index in [-0.39, 0.29) is 18.0 Å². The van der Waals surface area contributed by atoms with E-state index in [4.69, 9.17) is 4.42 Å². The fraction of sp³-hybridized carbons (Fsp3) is 0.304. The maximum Gasteiger partial charge on any atom is 0.325 e. The number of imide groups is 1. The van der Waals surface area contributed by atoms with E-state index in [1.54, 1.807) is 25.1 Å². The fourth-order valence-electron chi connectivity index (χ4n) is 4.79. The summed E-state index contributed by atoms with van der Waals surface area (Å²) in [6.45, 7) is 1.63. The number of aliphatic carboxylic acids is 2. The van der Waals surface area contributed by atoms with Crippen LogP contribution in [0.4, 0.5) is 5.69 Å². The quantitative estimate of drug-likeness (QED) is 0.217. The van der Waals surface area contributed by atoms with Crippen LogP contribution in [0.15, 0.2) is 53.0 Å². The van der Waals surface area contributed by atoms with Gasteiger partial charge in [-0.15, -0.1) is 0 Å². The van der Waals surface area contributed by atoms with Gasteiger partial charge in [-0.25, -0.2) is 0 Å². The predicted molar refractivity (Wildman–Crippen MR) is 118 cm³/mol. The molecule has 0 bridgehead atoms. The minimum absolute atomic E-state index is 0.0666. The smallest absolute Gasteiger partial charge is 0.325 e. The third-order valence-corrected chi connectivity index (χ3v) is 6.38. The first-order chi connectivity index (χ1) is 16.6. The van der Waals surface area contributed by atoms with Gasteiger partial charge >= 0.3 is 11.9 Å². The Labute approximate surface area is 198 Å². The van der Waals surface area contributed by atoms with Gasteiger partial charge in [0.1, 0.15) is 17.1 Å². The van der Waals surface area contributed by atoms with Gasteiger partial charge in [0, 0.05) is 24.2 Å². The van der Waals surface area contributed by atoms with Crippen LogP contribution in [0.25, 0.3) is 11.3 Å². The number of carbonyl (C=O) groups excluding carboxylic acids is 2. The SMILES string of the molecule is CC=CCN1C(=O)C2C(c3ccc(-c4ccc([N+](=O)[O-])cc4)o3)NC(CC(=O)O)(C(=O)O)C2C1=O. The Morgan fingerprint density at radius 2 is 1.86 bits per heavy atom. The van der Waals surface area contributed by atoms with Crippen LogP contribution < -0.4 is 5.32 Å². The third kappa shape index (κ3) is 3.87. The number of carboxylic acids is 2. The number of carboxylic acid groups (broad SMARTS) is 2. The summed E-state index contributed by atoms with van der Waals surface area (Å²) in [4.78, 5) is 61.7. The van der Waals surface area contributed by atoms with Gasteiger partial charge in [0.05, 0.1) is 29.2 Å². The molecule has 2 fully saturated rings. The number of hydrogen-bond donors (Lipinski definition) is 3. The molecule has 0 saturated carbocycles. The number of fused-ring (bicyclic) bond motifs is 1. The number of nitrogens with one attached hydrogen (secondary N) is 1. The van der Waals surface area contributed by atoms with E-state index >= 15 is 0 Å². The van der Waals surface area contributed by atoms with Crippen LogP contribution in [0.2, 0.25) is 0 Å². The molecule has 4 unspecified atom stereocenters. The fourth-order valence-corrected chi connectivity index (χ4v) is 4.79. The van der Waals surface area contributed by atoms with Crippen LogP contribution >= 0.6 is 0 Å². The van der Waals surface area contributed by atoms with E-state index in [1.807, 2.05) is 0 Å². The number of rotatable bonds is 8. The largest absolute Gasteiger partial charge is 0.481 e. The molecule has 2 aromatic rings. The Balaban J connectivity index is 1.75. The van der Waals surface area contributed by atoms with Crippen LogP contribution in [0.5, 0.6) is 0 Å². The zero-order chi connectivity index (χ0) is 25.5. The van der Waals surface area contributed by atoms with Crippen LogP contribution in [0.3, 0.4) is 0 Å². The molecule has 0 aliphatic carbocycles. The lowest BCUT2D eigenvalue weighted by molar-refractivity contribution is -0.384. The summed E-state index contributed by atoms with van der Waals surface area (Å²) in [6.07, 6.45) is 2.28. The summed E-state index contributed by atoms with van der Waals surface area (Å²) in [5.41, 5.74) is -1.84. The molecule has 4 rings (SSSR count). The summed E-state index contributed by atoms with van der Waals surface area (Å²) < 4.78 is 5.87. The minimum Gasteiger partial charge on any atom is -0.481 e. The molecule has 2 amide bonds. The molecule has 0 radical (unpaired) electrons. The lowest BCUT2D eigenvalue weighted by atomic mass is 9.78. The molecule has 4 atom stereocenters.